The van der Waals surface area contributed by atoms with Gasteiger partial charge in [0.1, 0.15) is 0 Å². The number of allylic oxidation sites excluding steroid dienone is 2. The highest BCUT2D eigenvalue weighted by molar-refractivity contribution is 6.48. The zero-order chi connectivity index (χ0) is 11.0. The first-order chi connectivity index (χ1) is 6.30. The molecule has 0 spiro atoms. The second-order valence-electron chi connectivity index (χ2n) is 5.01. The molecule has 1 aliphatic rings. The molecule has 3 heteroatoms. The van der Waals surface area contributed by atoms with E-state index in [0.717, 1.165) is 0 Å². The van der Waals surface area contributed by atoms with Crippen molar-refractivity contribution in [3.8, 4) is 0 Å². The summed E-state index contributed by atoms with van der Waals surface area (Å²) in [6, 6.07) is 0. The molecule has 1 rings (SSSR count). The Kier molecular flexibility index (Phi) is 3.12. The van der Waals surface area contributed by atoms with Crippen LogP contribution in [0.2, 0.25) is 5.82 Å². The molecule has 0 aliphatic carbocycles. The van der Waals surface area contributed by atoms with E-state index >= 15 is 0 Å². The van der Waals surface area contributed by atoms with Crippen LogP contribution in [0.4, 0.5) is 0 Å². The van der Waals surface area contributed by atoms with E-state index in [1.807, 2.05) is 13.0 Å². The second-order valence-corrected chi connectivity index (χ2v) is 5.01. The molecule has 0 amide bonds. The Morgan fingerprint density at radius 3 is 1.86 bits per heavy atom. The van der Waals surface area contributed by atoms with Gasteiger partial charge in [0.25, 0.3) is 0 Å². The molecule has 0 aromatic heterocycles. The third kappa shape index (κ3) is 2.04. The van der Waals surface area contributed by atoms with Gasteiger partial charge in [-0.2, -0.15) is 0 Å². The van der Waals surface area contributed by atoms with Crippen molar-refractivity contribution in [2.45, 2.75) is 58.6 Å². The summed E-state index contributed by atoms with van der Waals surface area (Å²) < 4.78 is 11.8. The topological polar surface area (TPSA) is 18.5 Å². The molecule has 1 saturated heterocycles. The Morgan fingerprint density at radius 2 is 1.50 bits per heavy atom. The maximum absolute atomic E-state index is 5.90. The molecular formula is C11H21BO2. The summed E-state index contributed by atoms with van der Waals surface area (Å²) in [7, 11) is -0.115. The summed E-state index contributed by atoms with van der Waals surface area (Å²) in [6.07, 6.45) is 4.15. The first-order valence-corrected chi connectivity index (χ1v) is 5.28. The Bertz CT molecular complexity index is 217. The smallest absolute Gasteiger partial charge is 0.403 e. The van der Waals surface area contributed by atoms with Crippen LogP contribution in [0.25, 0.3) is 0 Å². The van der Waals surface area contributed by atoms with Crippen molar-refractivity contribution < 1.29 is 9.31 Å². The molecule has 1 unspecified atom stereocenters. The predicted molar refractivity (Wildman–Crippen MR) is 60.3 cm³/mol. The minimum atomic E-state index is -0.215. The van der Waals surface area contributed by atoms with Crippen molar-refractivity contribution in [2.24, 2.45) is 0 Å². The van der Waals surface area contributed by atoms with Gasteiger partial charge < -0.3 is 9.31 Å². The maximum atomic E-state index is 5.90. The van der Waals surface area contributed by atoms with E-state index < -0.39 is 0 Å². The van der Waals surface area contributed by atoms with Gasteiger partial charge in [-0.3, -0.25) is 0 Å². The van der Waals surface area contributed by atoms with Crippen LogP contribution in [0, 0.1) is 0 Å². The van der Waals surface area contributed by atoms with Crippen molar-refractivity contribution >= 4 is 7.12 Å². The highest BCUT2D eigenvalue weighted by Crippen LogP contribution is 2.39. The highest BCUT2D eigenvalue weighted by Gasteiger charge is 2.52. The van der Waals surface area contributed by atoms with Crippen molar-refractivity contribution in [2.75, 3.05) is 0 Å². The Hall–Kier alpha value is -0.275. The minimum absolute atomic E-state index is 0.115. The Morgan fingerprint density at radius 1 is 1.07 bits per heavy atom. The summed E-state index contributed by atoms with van der Waals surface area (Å²) in [5.74, 6) is 0.307. The number of rotatable bonds is 2. The largest absolute Gasteiger partial charge is 0.464 e. The van der Waals surface area contributed by atoms with Crippen molar-refractivity contribution in [1.29, 1.82) is 0 Å². The van der Waals surface area contributed by atoms with Crippen LogP contribution in [0.5, 0.6) is 0 Å². The third-order valence-corrected chi connectivity index (χ3v) is 3.20. The Balaban J connectivity index is 2.72. The molecule has 0 aromatic rings. The molecule has 14 heavy (non-hydrogen) atoms. The molecule has 0 radical (unpaired) electrons. The van der Waals surface area contributed by atoms with Gasteiger partial charge >= 0.3 is 7.12 Å². The average Bonchev–Trinajstić information content (AvgIpc) is 2.22. The van der Waals surface area contributed by atoms with Gasteiger partial charge in [-0.15, -0.1) is 0 Å². The van der Waals surface area contributed by atoms with Crippen LogP contribution in [-0.4, -0.2) is 18.3 Å². The predicted octanol–water partition coefficient (Wildman–Crippen LogP) is 3.04. The fraction of sp³-hybridized carbons (Fsp3) is 0.818. The Labute approximate surface area is 87.8 Å². The van der Waals surface area contributed by atoms with Crippen molar-refractivity contribution in [3.63, 3.8) is 0 Å². The van der Waals surface area contributed by atoms with Gasteiger partial charge in [0.15, 0.2) is 0 Å². The van der Waals surface area contributed by atoms with Crippen LogP contribution >= 0.6 is 0 Å². The molecular weight excluding hydrogens is 175 g/mol. The summed E-state index contributed by atoms with van der Waals surface area (Å²) in [6.45, 7) is 12.4. The van der Waals surface area contributed by atoms with Crippen molar-refractivity contribution in [1.82, 2.24) is 0 Å². The van der Waals surface area contributed by atoms with Crippen LogP contribution in [-0.2, 0) is 9.31 Å². The first-order valence-electron chi connectivity index (χ1n) is 5.28. The van der Waals surface area contributed by atoms with Crippen LogP contribution in [0.1, 0.15) is 41.5 Å². The van der Waals surface area contributed by atoms with E-state index in [9.17, 15) is 0 Å². The molecule has 80 valence electrons. The zero-order valence-corrected chi connectivity index (χ0v) is 10.1. The van der Waals surface area contributed by atoms with E-state index in [1.165, 1.54) is 0 Å². The van der Waals surface area contributed by atoms with Gasteiger partial charge in [-0.05, 0) is 34.6 Å². The molecule has 0 saturated carbocycles. The van der Waals surface area contributed by atoms with E-state index in [0.29, 0.717) is 5.82 Å². The monoisotopic (exact) mass is 196 g/mol. The molecule has 1 aliphatic heterocycles. The van der Waals surface area contributed by atoms with Gasteiger partial charge in [0.2, 0.25) is 0 Å². The third-order valence-electron chi connectivity index (χ3n) is 3.20. The van der Waals surface area contributed by atoms with Crippen LogP contribution < -0.4 is 0 Å². The molecule has 0 N–H and O–H groups in total. The van der Waals surface area contributed by atoms with Crippen LogP contribution in [0.15, 0.2) is 12.2 Å². The first kappa shape index (κ1) is 11.8. The van der Waals surface area contributed by atoms with E-state index in [-0.39, 0.29) is 18.3 Å². The maximum Gasteiger partial charge on any atom is 0.464 e. The molecule has 0 aromatic carbocycles. The lowest BCUT2D eigenvalue weighted by Crippen LogP contribution is -2.41. The SMILES string of the molecule is C/C=C/C(C)B1OC(C)(C)C(C)(C)O1. The van der Waals surface area contributed by atoms with Crippen LogP contribution in [0.3, 0.4) is 0 Å². The number of hydrogen-bond donors (Lipinski definition) is 0. The molecule has 1 atom stereocenters. The summed E-state index contributed by atoms with van der Waals surface area (Å²) >= 11 is 0. The van der Waals surface area contributed by atoms with Gasteiger partial charge in [0.05, 0.1) is 11.2 Å². The highest BCUT2D eigenvalue weighted by atomic mass is 16.7. The lowest BCUT2D eigenvalue weighted by molar-refractivity contribution is 0.00578. The van der Waals surface area contributed by atoms with Gasteiger partial charge in [-0.25, -0.2) is 0 Å². The molecule has 2 nitrogen and oxygen atoms in total. The molecule has 1 fully saturated rings. The quantitative estimate of drug-likeness (QED) is 0.499. The lowest BCUT2D eigenvalue weighted by Gasteiger charge is -2.32. The average molecular weight is 196 g/mol. The normalized spacial score (nSPS) is 27.1. The minimum Gasteiger partial charge on any atom is -0.403 e. The molecule has 1 heterocycles. The van der Waals surface area contributed by atoms with Crippen molar-refractivity contribution in [3.05, 3.63) is 12.2 Å². The van der Waals surface area contributed by atoms with E-state index in [4.69, 9.17) is 9.31 Å². The second kappa shape index (κ2) is 3.71. The van der Waals surface area contributed by atoms with Gasteiger partial charge in [-0.1, -0.05) is 19.1 Å². The number of hydrogen-bond acceptors (Lipinski definition) is 2. The summed E-state index contributed by atoms with van der Waals surface area (Å²) in [5, 5.41) is 0. The standard InChI is InChI=1S/C11H21BO2/c1-7-8-9(2)12-13-10(3,4)11(5,6)14-12/h7-9H,1-6H3/b8-7+. The molecule has 0 bridgehead atoms. The van der Waals surface area contributed by atoms with E-state index in [1.54, 1.807) is 0 Å². The lowest BCUT2D eigenvalue weighted by atomic mass is 9.73. The zero-order valence-electron chi connectivity index (χ0n) is 10.1. The van der Waals surface area contributed by atoms with E-state index in [2.05, 4.69) is 40.7 Å². The summed E-state index contributed by atoms with van der Waals surface area (Å²) in [4.78, 5) is 0. The fourth-order valence-corrected chi connectivity index (χ4v) is 1.50. The summed E-state index contributed by atoms with van der Waals surface area (Å²) in [5.41, 5.74) is -0.430. The van der Waals surface area contributed by atoms with Gasteiger partial charge in [0, 0.05) is 5.82 Å². The fourth-order valence-electron chi connectivity index (χ4n) is 1.50.